The zero-order chi connectivity index (χ0) is 12.3. The minimum Gasteiger partial charge on any atom is -0.294 e. The molecule has 1 nitrogen and oxygen atoms in total. The van der Waals surface area contributed by atoms with Crippen molar-refractivity contribution in [3.63, 3.8) is 0 Å². The Kier molecular flexibility index (Phi) is 3.75. The second kappa shape index (κ2) is 5.28. The highest BCUT2D eigenvalue weighted by molar-refractivity contribution is 7.09. The third kappa shape index (κ3) is 2.83. The van der Waals surface area contributed by atoms with Gasteiger partial charge >= 0.3 is 0 Å². The molecule has 0 aliphatic carbocycles. The maximum Gasteiger partial charge on any atom is 0.165 e. The lowest BCUT2D eigenvalue weighted by molar-refractivity contribution is 0.0938. The molecule has 17 heavy (non-hydrogen) atoms. The van der Waals surface area contributed by atoms with Gasteiger partial charge in [-0.1, -0.05) is 44.2 Å². The Hall–Kier alpha value is -1.41. The summed E-state index contributed by atoms with van der Waals surface area (Å²) in [5.41, 5.74) is 2.00. The van der Waals surface area contributed by atoms with Gasteiger partial charge in [-0.15, -0.1) is 11.3 Å². The molecule has 0 spiro atoms. The summed E-state index contributed by atoms with van der Waals surface area (Å²) in [6, 6.07) is 12.1. The van der Waals surface area contributed by atoms with Crippen LogP contribution in [0.15, 0.2) is 41.8 Å². The van der Waals surface area contributed by atoms with Crippen LogP contribution in [0.5, 0.6) is 0 Å². The van der Waals surface area contributed by atoms with Crippen LogP contribution in [0.25, 0.3) is 0 Å². The van der Waals surface area contributed by atoms with Gasteiger partial charge in [0.2, 0.25) is 0 Å². The fraction of sp³-hybridized carbons (Fsp3) is 0.267. The molecule has 0 amide bonds. The van der Waals surface area contributed by atoms with E-state index in [9.17, 15) is 4.79 Å². The Morgan fingerprint density at radius 1 is 1.18 bits per heavy atom. The van der Waals surface area contributed by atoms with Crippen molar-refractivity contribution < 1.29 is 4.79 Å². The number of carbonyl (C=O) groups is 1. The summed E-state index contributed by atoms with van der Waals surface area (Å²) in [7, 11) is 0. The summed E-state index contributed by atoms with van der Waals surface area (Å²) >= 11 is 1.74. The van der Waals surface area contributed by atoms with E-state index >= 15 is 0 Å². The van der Waals surface area contributed by atoms with E-state index in [1.165, 1.54) is 4.88 Å². The molecular formula is C15H16OS. The molecule has 0 bridgehead atoms. The van der Waals surface area contributed by atoms with Crippen molar-refractivity contribution in [3.8, 4) is 0 Å². The van der Waals surface area contributed by atoms with Gasteiger partial charge < -0.3 is 0 Å². The Labute approximate surface area is 106 Å². The molecule has 1 aromatic heterocycles. The van der Waals surface area contributed by atoms with Gasteiger partial charge in [-0.05, 0) is 17.0 Å². The Morgan fingerprint density at radius 3 is 2.59 bits per heavy atom. The number of rotatable bonds is 4. The predicted molar refractivity (Wildman–Crippen MR) is 72.7 cm³/mol. The fourth-order valence-corrected chi connectivity index (χ4v) is 2.55. The molecule has 0 atom stereocenters. The molecule has 0 fully saturated rings. The van der Waals surface area contributed by atoms with Gasteiger partial charge in [0.15, 0.2) is 5.78 Å². The number of hydrogen-bond acceptors (Lipinski definition) is 2. The topological polar surface area (TPSA) is 17.1 Å². The third-order valence-corrected chi connectivity index (χ3v) is 3.63. The number of ketones is 1. The van der Waals surface area contributed by atoms with Crippen molar-refractivity contribution in [2.45, 2.75) is 20.3 Å². The van der Waals surface area contributed by atoms with E-state index in [-0.39, 0.29) is 11.7 Å². The van der Waals surface area contributed by atoms with Crippen LogP contribution in [0.3, 0.4) is 0 Å². The fourth-order valence-electron chi connectivity index (χ4n) is 1.83. The molecule has 0 radical (unpaired) electrons. The van der Waals surface area contributed by atoms with Crippen LogP contribution in [-0.4, -0.2) is 5.78 Å². The summed E-state index contributed by atoms with van der Waals surface area (Å²) in [6.45, 7) is 3.90. The standard InChI is InChI=1S/C15H16OS/c1-11(2)15(16)14-8-4-3-6-12(14)10-13-7-5-9-17-13/h3-9,11H,10H2,1-2H3. The van der Waals surface area contributed by atoms with Crippen molar-refractivity contribution in [2.24, 2.45) is 5.92 Å². The van der Waals surface area contributed by atoms with E-state index in [2.05, 4.69) is 17.5 Å². The second-order valence-corrected chi connectivity index (χ2v) is 5.46. The largest absolute Gasteiger partial charge is 0.294 e. The van der Waals surface area contributed by atoms with Crippen LogP contribution in [0.4, 0.5) is 0 Å². The highest BCUT2D eigenvalue weighted by Gasteiger charge is 2.14. The van der Waals surface area contributed by atoms with Gasteiger partial charge in [-0.3, -0.25) is 4.79 Å². The zero-order valence-corrected chi connectivity index (χ0v) is 11.0. The van der Waals surface area contributed by atoms with Crippen molar-refractivity contribution in [2.75, 3.05) is 0 Å². The smallest absolute Gasteiger partial charge is 0.165 e. The zero-order valence-electron chi connectivity index (χ0n) is 10.1. The molecule has 0 unspecified atom stereocenters. The number of carbonyl (C=O) groups excluding carboxylic acids is 1. The Balaban J connectivity index is 2.31. The summed E-state index contributed by atoms with van der Waals surface area (Å²) in [6.07, 6.45) is 0.853. The van der Waals surface area contributed by atoms with Crippen molar-refractivity contribution in [1.82, 2.24) is 0 Å². The second-order valence-electron chi connectivity index (χ2n) is 4.43. The van der Waals surface area contributed by atoms with Gasteiger partial charge in [-0.2, -0.15) is 0 Å². The van der Waals surface area contributed by atoms with Crippen LogP contribution >= 0.6 is 11.3 Å². The molecule has 0 aliphatic heterocycles. The van der Waals surface area contributed by atoms with Gasteiger partial charge in [0.25, 0.3) is 0 Å². The number of hydrogen-bond donors (Lipinski definition) is 0. The molecular weight excluding hydrogens is 228 g/mol. The molecule has 1 aromatic carbocycles. The molecule has 0 aliphatic rings. The van der Waals surface area contributed by atoms with Crippen molar-refractivity contribution in [3.05, 3.63) is 57.8 Å². The van der Waals surface area contributed by atoms with Crippen LogP contribution in [0.1, 0.15) is 34.6 Å². The normalized spacial score (nSPS) is 10.8. The SMILES string of the molecule is CC(C)C(=O)c1ccccc1Cc1cccs1. The quantitative estimate of drug-likeness (QED) is 0.737. The highest BCUT2D eigenvalue weighted by Crippen LogP contribution is 2.20. The average Bonchev–Trinajstić information content (AvgIpc) is 2.81. The van der Waals surface area contributed by atoms with Crippen LogP contribution in [0.2, 0.25) is 0 Å². The molecule has 0 N–H and O–H groups in total. The molecule has 88 valence electrons. The summed E-state index contributed by atoms with van der Waals surface area (Å²) < 4.78 is 0. The molecule has 2 heteroatoms. The molecule has 1 heterocycles. The first-order chi connectivity index (χ1) is 8.18. The molecule has 2 rings (SSSR count). The minimum atomic E-state index is 0.0551. The summed E-state index contributed by atoms with van der Waals surface area (Å²) in [5, 5.41) is 2.07. The van der Waals surface area contributed by atoms with Crippen LogP contribution in [0, 0.1) is 5.92 Å². The van der Waals surface area contributed by atoms with E-state index in [0.29, 0.717) is 0 Å². The Bertz CT molecular complexity index is 497. The average molecular weight is 244 g/mol. The first kappa shape index (κ1) is 12.1. The van der Waals surface area contributed by atoms with E-state index in [1.807, 2.05) is 38.1 Å². The summed E-state index contributed by atoms with van der Waals surface area (Å²) in [5.74, 6) is 0.289. The molecule has 0 saturated heterocycles. The van der Waals surface area contributed by atoms with E-state index in [4.69, 9.17) is 0 Å². The lowest BCUT2D eigenvalue weighted by Crippen LogP contribution is -2.10. The van der Waals surface area contributed by atoms with Gasteiger partial charge in [-0.25, -0.2) is 0 Å². The van der Waals surface area contributed by atoms with Crippen LogP contribution in [-0.2, 0) is 6.42 Å². The predicted octanol–water partition coefficient (Wildman–Crippen LogP) is 4.18. The van der Waals surface area contributed by atoms with E-state index in [0.717, 1.165) is 17.5 Å². The lowest BCUT2D eigenvalue weighted by atomic mass is 9.95. The number of thiophene rings is 1. The van der Waals surface area contributed by atoms with Gasteiger partial charge in [0.1, 0.15) is 0 Å². The van der Waals surface area contributed by atoms with Gasteiger partial charge in [0.05, 0.1) is 0 Å². The molecule has 2 aromatic rings. The minimum absolute atomic E-state index is 0.0551. The maximum absolute atomic E-state index is 12.1. The Morgan fingerprint density at radius 2 is 1.94 bits per heavy atom. The first-order valence-corrected chi connectivity index (χ1v) is 6.71. The van der Waals surface area contributed by atoms with Gasteiger partial charge in [0, 0.05) is 22.8 Å². The maximum atomic E-state index is 12.1. The van der Waals surface area contributed by atoms with Crippen molar-refractivity contribution >= 4 is 17.1 Å². The monoisotopic (exact) mass is 244 g/mol. The van der Waals surface area contributed by atoms with E-state index < -0.39 is 0 Å². The van der Waals surface area contributed by atoms with E-state index in [1.54, 1.807) is 11.3 Å². The van der Waals surface area contributed by atoms with Crippen LogP contribution < -0.4 is 0 Å². The highest BCUT2D eigenvalue weighted by atomic mass is 32.1. The number of benzene rings is 1. The van der Waals surface area contributed by atoms with Crippen molar-refractivity contribution in [1.29, 1.82) is 0 Å². The lowest BCUT2D eigenvalue weighted by Gasteiger charge is -2.09. The molecule has 0 saturated carbocycles. The summed E-state index contributed by atoms with van der Waals surface area (Å²) in [4.78, 5) is 13.4. The first-order valence-electron chi connectivity index (χ1n) is 5.83. The number of Topliss-reactive ketones (excluding diaryl/α,β-unsaturated/α-hetero) is 1. The third-order valence-electron chi connectivity index (χ3n) is 2.75.